The lowest BCUT2D eigenvalue weighted by molar-refractivity contribution is 0.463. The number of hydrogen-bond acceptors (Lipinski definition) is 3. The minimum atomic E-state index is -0.730. The lowest BCUT2D eigenvalue weighted by atomic mass is 9.88. The van der Waals surface area contributed by atoms with E-state index >= 15 is 0 Å². The van der Waals surface area contributed by atoms with Gasteiger partial charge in [-0.15, -0.1) is 0 Å². The molecule has 0 amide bonds. The lowest BCUT2D eigenvalue weighted by Gasteiger charge is -2.60. The third-order valence-corrected chi connectivity index (χ3v) is 9.81. The molecule has 0 bridgehead atoms. The van der Waals surface area contributed by atoms with Crippen molar-refractivity contribution in [1.29, 1.82) is 0 Å². The van der Waals surface area contributed by atoms with E-state index < -0.39 is 5.79 Å². The number of anilines is 6. The predicted molar refractivity (Wildman–Crippen MR) is 182 cm³/mol. The monoisotopic (exact) mass is 567 g/mol. The topological polar surface area (TPSA) is 9.72 Å². The van der Waals surface area contributed by atoms with Crippen LogP contribution in [0.25, 0.3) is 0 Å². The Hall–Kier alpha value is -5.28. The number of para-hydroxylation sites is 6. The molecule has 212 valence electrons. The van der Waals surface area contributed by atoms with Crippen LogP contribution in [0.15, 0.2) is 146 Å². The van der Waals surface area contributed by atoms with Crippen molar-refractivity contribution in [2.24, 2.45) is 0 Å². The third kappa shape index (κ3) is 3.56. The van der Waals surface area contributed by atoms with Crippen LogP contribution in [0.3, 0.4) is 0 Å². The van der Waals surface area contributed by atoms with Gasteiger partial charge in [-0.1, -0.05) is 109 Å². The largest absolute Gasteiger partial charge is 0.300 e. The summed E-state index contributed by atoms with van der Waals surface area (Å²) in [7, 11) is 0. The second-order valence-corrected chi connectivity index (χ2v) is 12.3. The molecule has 0 unspecified atom stereocenters. The Labute approximate surface area is 259 Å². The van der Waals surface area contributed by atoms with E-state index in [0.717, 1.165) is 19.3 Å². The van der Waals surface area contributed by atoms with Crippen LogP contribution >= 0.6 is 0 Å². The molecule has 0 atom stereocenters. The second kappa shape index (κ2) is 9.62. The zero-order valence-electron chi connectivity index (χ0n) is 24.8. The van der Waals surface area contributed by atoms with Crippen molar-refractivity contribution in [2.75, 3.05) is 14.7 Å². The van der Waals surface area contributed by atoms with Gasteiger partial charge >= 0.3 is 0 Å². The third-order valence-electron chi connectivity index (χ3n) is 9.81. The molecule has 0 saturated carbocycles. The van der Waals surface area contributed by atoms with Crippen molar-refractivity contribution in [1.82, 2.24) is 0 Å². The number of fused-ring (bicyclic) bond motifs is 6. The van der Waals surface area contributed by atoms with Crippen LogP contribution < -0.4 is 14.7 Å². The van der Waals surface area contributed by atoms with Gasteiger partial charge in [0.2, 0.25) is 5.79 Å². The summed E-state index contributed by atoms with van der Waals surface area (Å²) < 4.78 is 0. The van der Waals surface area contributed by atoms with E-state index in [1.807, 2.05) is 0 Å². The summed E-state index contributed by atoms with van der Waals surface area (Å²) in [5.41, 5.74) is 15.5. The molecule has 6 aromatic rings. The molecule has 3 heterocycles. The molecule has 0 N–H and O–H groups in total. The van der Waals surface area contributed by atoms with E-state index in [0.29, 0.717) is 0 Å². The molecule has 3 heteroatoms. The first-order valence-corrected chi connectivity index (χ1v) is 15.6. The highest BCUT2D eigenvalue weighted by atomic mass is 15.6. The van der Waals surface area contributed by atoms with Gasteiger partial charge in [0, 0.05) is 53.4 Å². The average Bonchev–Trinajstić information content (AvgIpc) is 3.08. The van der Waals surface area contributed by atoms with Gasteiger partial charge in [0.05, 0.1) is 0 Å². The summed E-state index contributed by atoms with van der Waals surface area (Å²) >= 11 is 0. The van der Waals surface area contributed by atoms with Crippen molar-refractivity contribution in [2.45, 2.75) is 32.0 Å². The van der Waals surface area contributed by atoms with Crippen LogP contribution in [0.2, 0.25) is 0 Å². The van der Waals surface area contributed by atoms with Gasteiger partial charge in [-0.2, -0.15) is 0 Å². The van der Waals surface area contributed by atoms with Crippen LogP contribution in [-0.4, -0.2) is 5.79 Å². The minimum Gasteiger partial charge on any atom is -0.300 e. The van der Waals surface area contributed by atoms with E-state index in [1.54, 1.807) is 0 Å². The molecule has 0 aromatic heterocycles. The summed E-state index contributed by atoms with van der Waals surface area (Å²) in [6, 6.07) is 53.9. The maximum absolute atomic E-state index is 2.62. The van der Waals surface area contributed by atoms with Crippen molar-refractivity contribution < 1.29 is 0 Å². The molecule has 9 rings (SSSR count). The molecule has 6 aromatic carbocycles. The molecule has 3 nitrogen and oxygen atoms in total. The fourth-order valence-corrected chi connectivity index (χ4v) is 7.94. The van der Waals surface area contributed by atoms with Gasteiger partial charge in [-0.3, -0.25) is 14.7 Å². The summed E-state index contributed by atoms with van der Waals surface area (Å²) in [6.07, 6.45) is 2.75. The highest BCUT2D eigenvalue weighted by Crippen LogP contribution is 2.55. The Balaban J connectivity index is 1.44. The number of nitrogens with zero attached hydrogens (tertiary/aromatic N) is 3. The van der Waals surface area contributed by atoms with Crippen molar-refractivity contribution in [3.8, 4) is 0 Å². The molecule has 44 heavy (non-hydrogen) atoms. The molecule has 0 spiro atoms. The zero-order chi connectivity index (χ0) is 29.3. The average molecular weight is 568 g/mol. The molecular formula is C41H33N3. The predicted octanol–water partition coefficient (Wildman–Crippen LogP) is 9.89. The molecule has 3 aliphatic rings. The summed E-state index contributed by atoms with van der Waals surface area (Å²) in [4.78, 5) is 7.87. The first-order chi connectivity index (χ1) is 21.7. The van der Waals surface area contributed by atoms with Crippen LogP contribution in [0.4, 0.5) is 34.1 Å². The summed E-state index contributed by atoms with van der Waals surface area (Å²) in [6.45, 7) is 2.43. The number of hydrogen-bond donors (Lipinski definition) is 0. The van der Waals surface area contributed by atoms with Crippen LogP contribution in [0.1, 0.15) is 40.3 Å². The maximum atomic E-state index is 2.62. The fourth-order valence-electron chi connectivity index (χ4n) is 7.94. The number of benzene rings is 6. The second-order valence-electron chi connectivity index (χ2n) is 12.3. The standard InChI is InChI=1S/C41H33N3/c1-41(42-35-20-8-2-14-29(35)26-30-15-3-9-21-36(30)42,43-37-22-10-4-16-31(37)27-32-17-5-11-23-38(32)43)44-39-24-12-6-18-33(39)28-34-19-7-13-25-40(34)44/h2-25H,26-28H2,1H3. The Morgan fingerprint density at radius 2 is 0.500 bits per heavy atom. The SMILES string of the molecule is CC(N1c2ccccc2Cc2ccccc21)(N1c2ccccc2Cc2ccccc21)N1c2ccccc2Cc2ccccc21. The molecule has 0 radical (unpaired) electrons. The molecule has 0 saturated heterocycles. The highest BCUT2D eigenvalue weighted by molar-refractivity contribution is 5.88. The Kier molecular flexibility index (Phi) is 5.52. The van der Waals surface area contributed by atoms with Crippen LogP contribution in [-0.2, 0) is 19.3 Å². The van der Waals surface area contributed by atoms with Crippen LogP contribution in [0.5, 0.6) is 0 Å². The van der Waals surface area contributed by atoms with Crippen LogP contribution in [0, 0.1) is 0 Å². The fraction of sp³-hybridized carbons (Fsp3) is 0.122. The van der Waals surface area contributed by atoms with Gasteiger partial charge in [0.15, 0.2) is 0 Å². The summed E-state index contributed by atoms with van der Waals surface area (Å²) in [5, 5.41) is 0. The Bertz CT molecular complexity index is 1690. The Morgan fingerprint density at radius 3 is 0.705 bits per heavy atom. The van der Waals surface area contributed by atoms with Gasteiger partial charge in [0.1, 0.15) is 0 Å². The van der Waals surface area contributed by atoms with Gasteiger partial charge in [-0.25, -0.2) is 0 Å². The van der Waals surface area contributed by atoms with Gasteiger partial charge in [0.25, 0.3) is 0 Å². The summed E-state index contributed by atoms with van der Waals surface area (Å²) in [5.74, 6) is -0.730. The maximum Gasteiger partial charge on any atom is 0.202 e. The molecule has 0 fully saturated rings. The van der Waals surface area contributed by atoms with E-state index in [4.69, 9.17) is 0 Å². The van der Waals surface area contributed by atoms with Gasteiger partial charge < -0.3 is 0 Å². The highest BCUT2D eigenvalue weighted by Gasteiger charge is 2.51. The molecule has 3 aliphatic heterocycles. The smallest absolute Gasteiger partial charge is 0.202 e. The van der Waals surface area contributed by atoms with Crippen molar-refractivity contribution in [3.05, 3.63) is 179 Å². The Morgan fingerprint density at radius 1 is 0.318 bits per heavy atom. The molecular weight excluding hydrogens is 534 g/mol. The van der Waals surface area contributed by atoms with E-state index in [2.05, 4.69) is 167 Å². The minimum absolute atomic E-state index is 0.730. The normalized spacial score (nSPS) is 14.5. The van der Waals surface area contributed by atoms with Gasteiger partial charge in [-0.05, 0) is 76.7 Å². The first kappa shape index (κ1) is 25.2. The first-order valence-electron chi connectivity index (χ1n) is 15.6. The van der Waals surface area contributed by atoms with Crippen molar-refractivity contribution >= 4 is 34.1 Å². The van der Waals surface area contributed by atoms with E-state index in [-0.39, 0.29) is 0 Å². The van der Waals surface area contributed by atoms with Crippen molar-refractivity contribution in [3.63, 3.8) is 0 Å². The molecule has 0 aliphatic carbocycles. The lowest BCUT2D eigenvalue weighted by Crippen LogP contribution is -2.67. The quantitative estimate of drug-likeness (QED) is 0.211. The zero-order valence-corrected chi connectivity index (χ0v) is 24.8. The van der Waals surface area contributed by atoms with E-state index in [9.17, 15) is 0 Å². The number of rotatable bonds is 3. The van der Waals surface area contributed by atoms with E-state index in [1.165, 1.54) is 67.5 Å².